The van der Waals surface area contributed by atoms with Crippen LogP contribution in [0.1, 0.15) is 5.82 Å². The van der Waals surface area contributed by atoms with Crippen molar-refractivity contribution in [2.75, 3.05) is 5.73 Å². The maximum Gasteiger partial charge on any atom is 0.195 e. The number of benzene rings is 1. The van der Waals surface area contributed by atoms with Crippen LogP contribution in [0.15, 0.2) is 34.3 Å². The first-order valence-electron chi connectivity index (χ1n) is 4.56. The van der Waals surface area contributed by atoms with Crippen LogP contribution >= 0.6 is 11.8 Å². The first kappa shape index (κ1) is 10.0. The topological polar surface area (TPSA) is 56.7 Å². The van der Waals surface area contributed by atoms with Crippen molar-refractivity contribution in [3.63, 3.8) is 0 Å². The Morgan fingerprint density at radius 2 is 1.87 bits per heavy atom. The molecule has 4 nitrogen and oxygen atoms in total. The summed E-state index contributed by atoms with van der Waals surface area (Å²) in [5.41, 5.74) is 6.38. The van der Waals surface area contributed by atoms with E-state index in [1.54, 1.807) is 11.8 Å². The maximum absolute atomic E-state index is 5.61. The molecule has 1 aromatic heterocycles. The van der Waals surface area contributed by atoms with E-state index in [9.17, 15) is 0 Å². The Labute approximate surface area is 92.5 Å². The van der Waals surface area contributed by atoms with Crippen molar-refractivity contribution in [1.82, 2.24) is 14.8 Å². The van der Waals surface area contributed by atoms with Crippen molar-refractivity contribution in [1.29, 1.82) is 0 Å². The second-order valence-corrected chi connectivity index (χ2v) is 4.30. The SMILES string of the molecule is Cc1nnc(Sc2ccc(N)cc2)n1C. The molecule has 0 radical (unpaired) electrons. The van der Waals surface area contributed by atoms with Gasteiger partial charge >= 0.3 is 0 Å². The van der Waals surface area contributed by atoms with Gasteiger partial charge in [-0.05, 0) is 43.0 Å². The van der Waals surface area contributed by atoms with E-state index in [4.69, 9.17) is 5.73 Å². The second-order valence-electron chi connectivity index (χ2n) is 3.26. The number of nitrogen functional groups attached to an aromatic ring is 1. The smallest absolute Gasteiger partial charge is 0.195 e. The zero-order chi connectivity index (χ0) is 10.8. The van der Waals surface area contributed by atoms with Gasteiger partial charge in [0.05, 0.1) is 0 Å². The van der Waals surface area contributed by atoms with E-state index in [2.05, 4.69) is 10.2 Å². The van der Waals surface area contributed by atoms with Crippen molar-refractivity contribution < 1.29 is 0 Å². The van der Waals surface area contributed by atoms with E-state index in [1.165, 1.54) is 0 Å². The highest BCUT2D eigenvalue weighted by Crippen LogP contribution is 2.26. The molecule has 0 aliphatic carbocycles. The predicted molar refractivity (Wildman–Crippen MR) is 60.7 cm³/mol. The third-order valence-electron chi connectivity index (χ3n) is 2.14. The summed E-state index contributed by atoms with van der Waals surface area (Å²) < 4.78 is 1.96. The van der Waals surface area contributed by atoms with Gasteiger partial charge < -0.3 is 10.3 Å². The van der Waals surface area contributed by atoms with Crippen molar-refractivity contribution in [3.8, 4) is 0 Å². The summed E-state index contributed by atoms with van der Waals surface area (Å²) in [5, 5.41) is 8.96. The summed E-state index contributed by atoms with van der Waals surface area (Å²) in [6.07, 6.45) is 0. The van der Waals surface area contributed by atoms with Crippen LogP contribution in [-0.2, 0) is 7.05 Å². The van der Waals surface area contributed by atoms with Gasteiger partial charge in [0.25, 0.3) is 0 Å². The number of aryl methyl sites for hydroxylation is 1. The molecule has 1 heterocycles. The molecule has 0 spiro atoms. The number of nitrogens with zero attached hydrogens (tertiary/aromatic N) is 3. The van der Waals surface area contributed by atoms with Crippen molar-refractivity contribution in [3.05, 3.63) is 30.1 Å². The second kappa shape index (κ2) is 3.94. The zero-order valence-corrected chi connectivity index (χ0v) is 9.45. The highest BCUT2D eigenvalue weighted by atomic mass is 32.2. The Hall–Kier alpha value is -1.49. The lowest BCUT2D eigenvalue weighted by atomic mass is 10.3. The lowest BCUT2D eigenvalue weighted by Crippen LogP contribution is -1.93. The number of aromatic nitrogens is 3. The zero-order valence-electron chi connectivity index (χ0n) is 8.64. The quantitative estimate of drug-likeness (QED) is 0.785. The fourth-order valence-electron chi connectivity index (χ4n) is 1.12. The number of hydrogen-bond acceptors (Lipinski definition) is 4. The van der Waals surface area contributed by atoms with Crippen molar-refractivity contribution >= 4 is 17.4 Å². The van der Waals surface area contributed by atoms with Gasteiger partial charge in [0.2, 0.25) is 0 Å². The molecule has 0 aliphatic heterocycles. The summed E-state index contributed by atoms with van der Waals surface area (Å²) >= 11 is 1.58. The molecule has 0 unspecified atom stereocenters. The average Bonchev–Trinajstić information content (AvgIpc) is 2.53. The lowest BCUT2D eigenvalue weighted by molar-refractivity contribution is 0.765. The molecule has 0 saturated heterocycles. The summed E-state index contributed by atoms with van der Waals surface area (Å²) in [6, 6.07) is 7.71. The molecule has 15 heavy (non-hydrogen) atoms. The Morgan fingerprint density at radius 3 is 2.40 bits per heavy atom. The molecule has 0 saturated carbocycles. The van der Waals surface area contributed by atoms with Crippen LogP contribution in [0.4, 0.5) is 5.69 Å². The summed E-state index contributed by atoms with van der Waals surface area (Å²) in [5.74, 6) is 0.910. The van der Waals surface area contributed by atoms with Crippen LogP contribution in [0.5, 0.6) is 0 Å². The largest absolute Gasteiger partial charge is 0.399 e. The summed E-state index contributed by atoms with van der Waals surface area (Å²) in [4.78, 5) is 1.11. The van der Waals surface area contributed by atoms with Crippen LogP contribution in [0.2, 0.25) is 0 Å². The number of rotatable bonds is 2. The fourth-order valence-corrected chi connectivity index (χ4v) is 1.95. The fraction of sp³-hybridized carbons (Fsp3) is 0.200. The molecule has 1 aromatic carbocycles. The van der Waals surface area contributed by atoms with Crippen LogP contribution in [0, 0.1) is 6.92 Å². The lowest BCUT2D eigenvalue weighted by Gasteiger charge is -2.01. The predicted octanol–water partition coefficient (Wildman–Crippen LogP) is 1.86. The van der Waals surface area contributed by atoms with Gasteiger partial charge in [-0.15, -0.1) is 10.2 Å². The first-order valence-corrected chi connectivity index (χ1v) is 5.38. The van der Waals surface area contributed by atoms with E-state index in [1.807, 2.05) is 42.8 Å². The Kier molecular flexibility index (Phi) is 2.64. The van der Waals surface area contributed by atoms with E-state index < -0.39 is 0 Å². The average molecular weight is 220 g/mol. The minimum atomic E-state index is 0.772. The molecule has 2 N–H and O–H groups in total. The molecule has 0 bridgehead atoms. The van der Waals surface area contributed by atoms with Crippen molar-refractivity contribution in [2.24, 2.45) is 7.05 Å². The van der Waals surface area contributed by atoms with Gasteiger partial charge in [-0.25, -0.2) is 0 Å². The molecule has 2 aromatic rings. The maximum atomic E-state index is 5.61. The van der Waals surface area contributed by atoms with Gasteiger partial charge in [-0.2, -0.15) is 0 Å². The minimum absolute atomic E-state index is 0.772. The van der Waals surface area contributed by atoms with Gasteiger partial charge in [0, 0.05) is 17.6 Å². The summed E-state index contributed by atoms with van der Waals surface area (Å²) in [6.45, 7) is 1.93. The van der Waals surface area contributed by atoms with Gasteiger partial charge in [0.15, 0.2) is 5.16 Å². The van der Waals surface area contributed by atoms with E-state index >= 15 is 0 Å². The molecule has 2 rings (SSSR count). The van der Waals surface area contributed by atoms with Crippen LogP contribution in [0.25, 0.3) is 0 Å². The summed E-state index contributed by atoms with van der Waals surface area (Å²) in [7, 11) is 1.95. The van der Waals surface area contributed by atoms with Gasteiger partial charge in [-0.3, -0.25) is 0 Å². The molecular weight excluding hydrogens is 208 g/mol. The van der Waals surface area contributed by atoms with Crippen molar-refractivity contribution in [2.45, 2.75) is 17.0 Å². The monoisotopic (exact) mass is 220 g/mol. The molecule has 78 valence electrons. The molecular formula is C10H12N4S. The molecule has 0 atom stereocenters. The molecule has 0 amide bonds. The van der Waals surface area contributed by atoms with E-state index in [-0.39, 0.29) is 0 Å². The van der Waals surface area contributed by atoms with Gasteiger partial charge in [-0.1, -0.05) is 0 Å². The van der Waals surface area contributed by atoms with Crippen LogP contribution in [0.3, 0.4) is 0 Å². The number of anilines is 1. The standard InChI is InChI=1S/C10H12N4S/c1-7-12-13-10(14(7)2)15-9-5-3-8(11)4-6-9/h3-6H,11H2,1-2H3. The minimum Gasteiger partial charge on any atom is -0.399 e. The van der Waals surface area contributed by atoms with Gasteiger partial charge in [0.1, 0.15) is 5.82 Å². The van der Waals surface area contributed by atoms with Crippen LogP contribution < -0.4 is 5.73 Å². The van der Waals surface area contributed by atoms with E-state index in [0.29, 0.717) is 0 Å². The number of nitrogens with two attached hydrogens (primary N) is 1. The molecule has 0 aliphatic rings. The Balaban J connectivity index is 2.22. The highest BCUT2D eigenvalue weighted by molar-refractivity contribution is 7.99. The molecule has 0 fully saturated rings. The third-order valence-corrected chi connectivity index (χ3v) is 3.19. The normalized spacial score (nSPS) is 10.5. The van der Waals surface area contributed by atoms with E-state index in [0.717, 1.165) is 21.6 Å². The van der Waals surface area contributed by atoms with Crippen LogP contribution in [-0.4, -0.2) is 14.8 Å². The highest BCUT2D eigenvalue weighted by Gasteiger charge is 2.06. The first-order chi connectivity index (χ1) is 7.16. The Morgan fingerprint density at radius 1 is 1.20 bits per heavy atom. The number of hydrogen-bond donors (Lipinski definition) is 1. The third kappa shape index (κ3) is 2.12. The molecule has 5 heteroatoms. The Bertz CT molecular complexity index is 461.